The molecule has 1 unspecified atom stereocenters. The molecule has 0 saturated heterocycles. The van der Waals surface area contributed by atoms with Crippen LogP contribution in [0.1, 0.15) is 13.3 Å². The van der Waals surface area contributed by atoms with Crippen molar-refractivity contribution in [3.05, 3.63) is 78.9 Å². The van der Waals surface area contributed by atoms with Crippen molar-refractivity contribution in [3.8, 4) is 11.5 Å². The van der Waals surface area contributed by atoms with Crippen LogP contribution in [0, 0.1) is 0 Å². The van der Waals surface area contributed by atoms with Crippen molar-refractivity contribution in [2.45, 2.75) is 23.8 Å². The summed E-state index contributed by atoms with van der Waals surface area (Å²) in [6.45, 7) is 1.97. The van der Waals surface area contributed by atoms with Crippen molar-refractivity contribution >= 4 is 34.5 Å². The van der Waals surface area contributed by atoms with Gasteiger partial charge in [-0.05, 0) is 55.0 Å². The highest BCUT2D eigenvalue weighted by atomic mass is 32.2. The van der Waals surface area contributed by atoms with Gasteiger partial charge in [0.1, 0.15) is 17.0 Å². The minimum Gasteiger partial charge on any atom is -0.457 e. The van der Waals surface area contributed by atoms with Gasteiger partial charge in [-0.2, -0.15) is 0 Å². The van der Waals surface area contributed by atoms with E-state index in [9.17, 15) is 4.79 Å². The molecule has 0 aliphatic rings. The lowest BCUT2D eigenvalue weighted by Crippen LogP contribution is -2.24. The Labute approximate surface area is 173 Å². The average Bonchev–Trinajstić information content (AvgIpc) is 3.16. The van der Waals surface area contributed by atoms with Gasteiger partial charge in [0.25, 0.3) is 5.22 Å². The topological polar surface area (TPSA) is 64.4 Å². The molecule has 1 amide bonds. The maximum atomic E-state index is 12.7. The molecule has 3 aromatic carbocycles. The Balaban J connectivity index is 1.39. The van der Waals surface area contributed by atoms with Gasteiger partial charge in [0.2, 0.25) is 5.91 Å². The van der Waals surface area contributed by atoms with E-state index in [1.165, 1.54) is 11.8 Å². The summed E-state index contributed by atoms with van der Waals surface area (Å²) in [6, 6.07) is 24.5. The third-order valence-electron chi connectivity index (χ3n) is 4.28. The molecule has 146 valence electrons. The number of ether oxygens (including phenoxy) is 1. The van der Waals surface area contributed by atoms with Gasteiger partial charge in [-0.1, -0.05) is 49.0 Å². The molecule has 6 heteroatoms. The number of amides is 1. The fourth-order valence-corrected chi connectivity index (χ4v) is 3.66. The van der Waals surface area contributed by atoms with Crippen LogP contribution in [0.5, 0.6) is 11.5 Å². The number of fused-ring (bicyclic) bond motifs is 1. The summed E-state index contributed by atoms with van der Waals surface area (Å²) in [4.78, 5) is 17.1. The average molecular weight is 404 g/mol. The van der Waals surface area contributed by atoms with Crippen molar-refractivity contribution in [2.75, 3.05) is 5.32 Å². The number of hydrogen-bond donors (Lipinski definition) is 1. The van der Waals surface area contributed by atoms with Crippen LogP contribution in [-0.2, 0) is 4.79 Å². The van der Waals surface area contributed by atoms with E-state index >= 15 is 0 Å². The van der Waals surface area contributed by atoms with Gasteiger partial charge in [0.15, 0.2) is 5.58 Å². The van der Waals surface area contributed by atoms with Crippen molar-refractivity contribution in [1.29, 1.82) is 0 Å². The SMILES string of the molecule is CCC(Sc1nc2ccccc2o1)C(=O)Nc1ccc(Oc2ccccc2)cc1. The van der Waals surface area contributed by atoms with Crippen LogP contribution in [0.15, 0.2) is 88.5 Å². The zero-order chi connectivity index (χ0) is 20.1. The normalized spacial score (nSPS) is 11.9. The van der Waals surface area contributed by atoms with E-state index in [2.05, 4.69) is 10.3 Å². The van der Waals surface area contributed by atoms with Crippen LogP contribution in [0.4, 0.5) is 5.69 Å². The highest BCUT2D eigenvalue weighted by Gasteiger charge is 2.21. The van der Waals surface area contributed by atoms with Crippen molar-refractivity contribution in [3.63, 3.8) is 0 Å². The summed E-state index contributed by atoms with van der Waals surface area (Å²) >= 11 is 1.33. The van der Waals surface area contributed by atoms with Crippen molar-refractivity contribution in [2.24, 2.45) is 0 Å². The second kappa shape index (κ2) is 8.84. The lowest BCUT2D eigenvalue weighted by molar-refractivity contribution is -0.115. The molecule has 0 aliphatic carbocycles. The zero-order valence-corrected chi connectivity index (χ0v) is 16.7. The minimum atomic E-state index is -0.302. The number of nitrogens with zero attached hydrogens (tertiary/aromatic N) is 1. The molecular weight excluding hydrogens is 384 g/mol. The van der Waals surface area contributed by atoms with Crippen LogP contribution >= 0.6 is 11.8 Å². The van der Waals surface area contributed by atoms with E-state index in [-0.39, 0.29) is 11.2 Å². The zero-order valence-electron chi connectivity index (χ0n) is 15.9. The van der Waals surface area contributed by atoms with Gasteiger partial charge in [-0.25, -0.2) is 4.98 Å². The third kappa shape index (κ3) is 4.78. The predicted molar refractivity (Wildman–Crippen MR) is 116 cm³/mol. The molecule has 29 heavy (non-hydrogen) atoms. The standard InChI is InChI=1S/C23H20N2O3S/c1-2-21(29-23-25-19-10-6-7-11-20(19)28-23)22(26)24-16-12-14-18(15-13-16)27-17-8-4-3-5-9-17/h3-15,21H,2H2,1H3,(H,24,26). The van der Waals surface area contributed by atoms with E-state index in [4.69, 9.17) is 9.15 Å². The first-order valence-corrected chi connectivity index (χ1v) is 10.3. The fourth-order valence-electron chi connectivity index (χ4n) is 2.80. The van der Waals surface area contributed by atoms with Gasteiger partial charge in [0, 0.05) is 5.69 Å². The molecule has 0 saturated carbocycles. The first-order valence-electron chi connectivity index (χ1n) is 9.37. The number of thioether (sulfide) groups is 1. The molecule has 1 N–H and O–H groups in total. The number of rotatable bonds is 7. The molecule has 0 aliphatic heterocycles. The highest BCUT2D eigenvalue weighted by molar-refractivity contribution is 8.00. The van der Waals surface area contributed by atoms with Crippen LogP contribution in [0.3, 0.4) is 0 Å². The van der Waals surface area contributed by atoms with E-state index in [1.54, 1.807) is 0 Å². The minimum absolute atomic E-state index is 0.0866. The largest absolute Gasteiger partial charge is 0.457 e. The Bertz CT molecular complexity index is 1060. The van der Waals surface area contributed by atoms with E-state index in [1.807, 2.05) is 85.8 Å². The Morgan fingerprint density at radius 2 is 1.69 bits per heavy atom. The Morgan fingerprint density at radius 1 is 1.00 bits per heavy atom. The van der Waals surface area contributed by atoms with Gasteiger partial charge in [-0.3, -0.25) is 4.79 Å². The molecule has 5 nitrogen and oxygen atoms in total. The maximum absolute atomic E-state index is 12.7. The summed E-state index contributed by atoms with van der Waals surface area (Å²) in [6.07, 6.45) is 0.657. The Morgan fingerprint density at radius 3 is 2.41 bits per heavy atom. The fraction of sp³-hybridized carbons (Fsp3) is 0.130. The number of carbonyl (C=O) groups excluding carboxylic acids is 1. The quantitative estimate of drug-likeness (QED) is 0.375. The van der Waals surface area contributed by atoms with Crippen molar-refractivity contribution in [1.82, 2.24) is 4.98 Å². The number of benzene rings is 3. The second-order valence-electron chi connectivity index (χ2n) is 6.39. The number of anilines is 1. The van der Waals surface area contributed by atoms with E-state index in [0.717, 1.165) is 16.8 Å². The smallest absolute Gasteiger partial charge is 0.257 e. The number of hydrogen-bond acceptors (Lipinski definition) is 5. The molecule has 4 aromatic rings. The number of carbonyl (C=O) groups is 1. The highest BCUT2D eigenvalue weighted by Crippen LogP contribution is 2.29. The monoisotopic (exact) mass is 404 g/mol. The lowest BCUT2D eigenvalue weighted by atomic mass is 10.2. The number of nitrogens with one attached hydrogen (secondary N) is 1. The molecule has 1 atom stereocenters. The summed E-state index contributed by atoms with van der Waals surface area (Å²) in [5.74, 6) is 1.39. The number of oxazole rings is 1. The van der Waals surface area contributed by atoms with E-state index in [0.29, 0.717) is 23.1 Å². The van der Waals surface area contributed by atoms with Gasteiger partial charge in [0.05, 0.1) is 5.25 Å². The van der Waals surface area contributed by atoms with Gasteiger partial charge >= 0.3 is 0 Å². The van der Waals surface area contributed by atoms with Crippen molar-refractivity contribution < 1.29 is 13.9 Å². The molecule has 1 aromatic heterocycles. The molecule has 1 heterocycles. The molecule has 0 fully saturated rings. The van der Waals surface area contributed by atoms with Crippen LogP contribution < -0.4 is 10.1 Å². The first kappa shape index (κ1) is 19.1. The maximum Gasteiger partial charge on any atom is 0.257 e. The summed E-state index contributed by atoms with van der Waals surface area (Å²) in [7, 11) is 0. The van der Waals surface area contributed by atoms with Gasteiger partial charge < -0.3 is 14.5 Å². The first-order chi connectivity index (χ1) is 14.2. The Hall–Kier alpha value is -3.25. The van der Waals surface area contributed by atoms with Crippen LogP contribution in [0.2, 0.25) is 0 Å². The van der Waals surface area contributed by atoms with E-state index < -0.39 is 0 Å². The Kier molecular flexibility index (Phi) is 5.81. The molecule has 4 rings (SSSR count). The van der Waals surface area contributed by atoms with Crippen LogP contribution in [-0.4, -0.2) is 16.1 Å². The third-order valence-corrected chi connectivity index (χ3v) is 5.49. The summed E-state index contributed by atoms with van der Waals surface area (Å²) in [5, 5.41) is 3.15. The summed E-state index contributed by atoms with van der Waals surface area (Å²) < 4.78 is 11.5. The number of para-hydroxylation sites is 3. The second-order valence-corrected chi connectivity index (χ2v) is 7.54. The molecule has 0 spiro atoms. The van der Waals surface area contributed by atoms with Crippen LogP contribution in [0.25, 0.3) is 11.1 Å². The lowest BCUT2D eigenvalue weighted by Gasteiger charge is -2.13. The molecule has 0 bridgehead atoms. The van der Waals surface area contributed by atoms with Gasteiger partial charge in [-0.15, -0.1) is 0 Å². The molecule has 0 radical (unpaired) electrons. The predicted octanol–water partition coefficient (Wildman–Crippen LogP) is 6.13. The molecular formula is C23H20N2O3S. The summed E-state index contributed by atoms with van der Waals surface area (Å²) in [5.41, 5.74) is 2.23. The number of aromatic nitrogens is 1.